The highest BCUT2D eigenvalue weighted by atomic mass is 32.1. The molecule has 1 aromatic carbocycles. The molecular formula is C18H15N3O5S. The number of esters is 1. The molecule has 0 radical (unpaired) electrons. The van der Waals surface area contributed by atoms with E-state index in [2.05, 4.69) is 4.98 Å². The summed E-state index contributed by atoms with van der Waals surface area (Å²) in [6.45, 7) is 1.31. The van der Waals surface area contributed by atoms with Crippen molar-refractivity contribution in [2.45, 2.75) is 25.8 Å². The van der Waals surface area contributed by atoms with Gasteiger partial charge in [0, 0.05) is 17.6 Å². The predicted molar refractivity (Wildman–Crippen MR) is 96.3 cm³/mol. The van der Waals surface area contributed by atoms with Gasteiger partial charge in [0.15, 0.2) is 23.9 Å². The van der Waals surface area contributed by atoms with Crippen molar-refractivity contribution in [3.8, 4) is 6.07 Å². The van der Waals surface area contributed by atoms with E-state index in [9.17, 15) is 19.6 Å². The highest BCUT2D eigenvalue weighted by Gasteiger charge is 2.24. The molecule has 2 aromatic heterocycles. The van der Waals surface area contributed by atoms with Crippen molar-refractivity contribution in [1.82, 2.24) is 9.55 Å². The summed E-state index contributed by atoms with van der Waals surface area (Å²) in [7, 11) is 0. The Morgan fingerprint density at radius 2 is 2.19 bits per heavy atom. The van der Waals surface area contributed by atoms with Crippen molar-refractivity contribution in [3.05, 3.63) is 50.9 Å². The molecule has 0 N–H and O–H groups in total. The topological polar surface area (TPSA) is 115 Å². The highest BCUT2D eigenvalue weighted by Crippen LogP contribution is 2.20. The fourth-order valence-corrected chi connectivity index (χ4v) is 3.37. The molecule has 9 heteroatoms. The number of ether oxygens (including phenoxy) is 1. The maximum absolute atomic E-state index is 12.1. The lowest BCUT2D eigenvalue weighted by molar-refractivity contribution is -0.148. The minimum absolute atomic E-state index is 0.0657. The lowest BCUT2D eigenvalue weighted by Gasteiger charge is -2.07. The van der Waals surface area contributed by atoms with E-state index in [-0.39, 0.29) is 13.0 Å². The number of thiazole rings is 1. The first kappa shape index (κ1) is 18.5. The van der Waals surface area contributed by atoms with E-state index in [0.29, 0.717) is 16.1 Å². The van der Waals surface area contributed by atoms with Crippen LogP contribution < -0.4 is 5.76 Å². The molecule has 2 heterocycles. The first-order valence-corrected chi connectivity index (χ1v) is 8.96. The van der Waals surface area contributed by atoms with E-state index in [1.807, 2.05) is 6.07 Å². The van der Waals surface area contributed by atoms with Crippen LogP contribution in [0.5, 0.6) is 0 Å². The zero-order valence-electron chi connectivity index (χ0n) is 14.4. The van der Waals surface area contributed by atoms with E-state index in [4.69, 9.17) is 9.15 Å². The summed E-state index contributed by atoms with van der Waals surface area (Å²) in [5, 5.41) is 11.3. The zero-order valence-corrected chi connectivity index (χ0v) is 15.2. The van der Waals surface area contributed by atoms with Crippen LogP contribution in [0.3, 0.4) is 0 Å². The molecule has 0 aliphatic heterocycles. The average Bonchev–Trinajstić information content (AvgIpc) is 3.21. The lowest BCUT2D eigenvalue weighted by Crippen LogP contribution is -2.22. The van der Waals surface area contributed by atoms with Crippen molar-refractivity contribution in [3.63, 3.8) is 0 Å². The normalized spacial score (nSPS) is 11.9. The summed E-state index contributed by atoms with van der Waals surface area (Å²) < 4.78 is 11.4. The number of carbonyl (C=O) groups excluding carboxylic acids is 2. The van der Waals surface area contributed by atoms with Gasteiger partial charge in [-0.1, -0.05) is 12.1 Å². The van der Waals surface area contributed by atoms with Crippen molar-refractivity contribution >= 4 is 34.2 Å². The third kappa shape index (κ3) is 4.12. The number of Topliss-reactive ketones (excluding diaryl/α,β-unsaturated/α-hetero) is 1. The number of hydrogen-bond donors (Lipinski definition) is 0. The summed E-state index contributed by atoms with van der Waals surface area (Å²) in [6, 6.07) is 8.75. The first-order chi connectivity index (χ1) is 13.0. The van der Waals surface area contributed by atoms with Crippen LogP contribution in [0.15, 0.2) is 38.9 Å². The molecule has 1 atom stereocenters. The van der Waals surface area contributed by atoms with Crippen molar-refractivity contribution in [2.24, 2.45) is 0 Å². The molecule has 0 fully saturated rings. The van der Waals surface area contributed by atoms with Crippen LogP contribution in [0.4, 0.5) is 0 Å². The van der Waals surface area contributed by atoms with Crippen LogP contribution in [0, 0.1) is 18.3 Å². The second-order valence-corrected chi connectivity index (χ2v) is 6.64. The standard InChI is InChI=1S/C18H15N3O5S/c1-11-10-27-17(20-11)12(8-19)14(22)9-25-16(23)6-7-21-13-4-2-3-5-15(13)26-18(21)24/h2-5,10,12H,6-7,9H2,1H3/t12-/m0/s1. The number of benzene rings is 1. The predicted octanol–water partition coefficient (Wildman–Crippen LogP) is 2.17. The number of fused-ring (bicyclic) bond motifs is 1. The number of carbonyl (C=O) groups is 2. The van der Waals surface area contributed by atoms with E-state index < -0.39 is 30.0 Å². The maximum atomic E-state index is 12.1. The van der Waals surface area contributed by atoms with Crippen molar-refractivity contribution in [1.29, 1.82) is 5.26 Å². The van der Waals surface area contributed by atoms with E-state index in [1.54, 1.807) is 36.6 Å². The number of oxazole rings is 1. The zero-order chi connectivity index (χ0) is 19.4. The van der Waals surface area contributed by atoms with Gasteiger partial charge in [-0.05, 0) is 19.1 Å². The Balaban J connectivity index is 1.56. The van der Waals surface area contributed by atoms with Gasteiger partial charge in [-0.2, -0.15) is 5.26 Å². The van der Waals surface area contributed by atoms with Gasteiger partial charge in [-0.15, -0.1) is 11.3 Å². The number of nitrogens with zero attached hydrogens (tertiary/aromatic N) is 3. The molecule has 3 rings (SSSR count). The summed E-state index contributed by atoms with van der Waals surface area (Å²) >= 11 is 1.21. The Morgan fingerprint density at radius 3 is 2.89 bits per heavy atom. The average molecular weight is 385 g/mol. The number of hydrogen-bond acceptors (Lipinski definition) is 8. The van der Waals surface area contributed by atoms with Crippen LogP contribution >= 0.6 is 11.3 Å². The summed E-state index contributed by atoms with van der Waals surface area (Å²) in [4.78, 5) is 40.0. The fraction of sp³-hybridized carbons (Fsp3) is 0.278. The van der Waals surface area contributed by atoms with E-state index in [0.717, 1.165) is 5.69 Å². The Bertz CT molecular complexity index is 1090. The number of nitriles is 1. The van der Waals surface area contributed by atoms with Gasteiger partial charge < -0.3 is 9.15 Å². The largest absolute Gasteiger partial charge is 0.458 e. The van der Waals surface area contributed by atoms with Crippen LogP contribution in [-0.2, 0) is 20.9 Å². The van der Waals surface area contributed by atoms with Gasteiger partial charge in [0.25, 0.3) is 0 Å². The quantitative estimate of drug-likeness (QED) is 0.572. The molecule has 0 amide bonds. The van der Waals surface area contributed by atoms with Crippen LogP contribution in [-0.4, -0.2) is 27.9 Å². The molecule has 8 nitrogen and oxygen atoms in total. The van der Waals surface area contributed by atoms with Crippen molar-refractivity contribution < 1.29 is 18.7 Å². The highest BCUT2D eigenvalue weighted by molar-refractivity contribution is 7.09. The number of para-hydroxylation sites is 2. The smallest absolute Gasteiger partial charge is 0.419 e. The Morgan fingerprint density at radius 1 is 1.41 bits per heavy atom. The van der Waals surface area contributed by atoms with Gasteiger partial charge in [0.05, 0.1) is 18.0 Å². The maximum Gasteiger partial charge on any atom is 0.419 e. The molecule has 0 unspecified atom stereocenters. The molecule has 0 saturated heterocycles. The number of rotatable bonds is 7. The first-order valence-electron chi connectivity index (χ1n) is 8.08. The molecule has 0 aliphatic rings. The van der Waals surface area contributed by atoms with E-state index in [1.165, 1.54) is 15.9 Å². The second-order valence-electron chi connectivity index (χ2n) is 5.75. The minimum atomic E-state index is -1.06. The Hall–Kier alpha value is -3.25. The molecule has 0 aliphatic carbocycles. The van der Waals surface area contributed by atoms with Gasteiger partial charge in [0.2, 0.25) is 0 Å². The van der Waals surface area contributed by atoms with E-state index >= 15 is 0 Å². The van der Waals surface area contributed by atoms with Crippen LogP contribution in [0.1, 0.15) is 23.0 Å². The third-order valence-corrected chi connectivity index (χ3v) is 4.85. The molecular weight excluding hydrogens is 370 g/mol. The number of aromatic nitrogens is 2. The van der Waals surface area contributed by atoms with Gasteiger partial charge in [-0.3, -0.25) is 14.2 Å². The molecule has 0 spiro atoms. The van der Waals surface area contributed by atoms with Gasteiger partial charge >= 0.3 is 11.7 Å². The molecule has 0 bridgehead atoms. The Kier molecular flexibility index (Phi) is 5.47. The second kappa shape index (κ2) is 7.97. The Labute approximate surface area is 157 Å². The molecule has 3 aromatic rings. The molecule has 138 valence electrons. The fourth-order valence-electron chi connectivity index (χ4n) is 2.51. The van der Waals surface area contributed by atoms with Gasteiger partial charge in [-0.25, -0.2) is 9.78 Å². The summed E-state index contributed by atoms with van der Waals surface area (Å²) in [5.74, 6) is -2.81. The number of ketones is 1. The number of aryl methyl sites for hydroxylation is 2. The van der Waals surface area contributed by atoms with Crippen LogP contribution in [0.2, 0.25) is 0 Å². The molecule has 27 heavy (non-hydrogen) atoms. The van der Waals surface area contributed by atoms with Crippen LogP contribution in [0.25, 0.3) is 11.1 Å². The minimum Gasteiger partial charge on any atom is -0.458 e. The van der Waals surface area contributed by atoms with Crippen molar-refractivity contribution in [2.75, 3.05) is 6.61 Å². The summed E-state index contributed by atoms with van der Waals surface area (Å²) in [5.41, 5.74) is 1.73. The van der Waals surface area contributed by atoms with Gasteiger partial charge in [0.1, 0.15) is 5.01 Å². The third-order valence-electron chi connectivity index (χ3n) is 3.82. The lowest BCUT2D eigenvalue weighted by atomic mass is 10.1. The molecule has 0 saturated carbocycles. The monoisotopic (exact) mass is 385 g/mol. The summed E-state index contributed by atoms with van der Waals surface area (Å²) in [6.07, 6.45) is -0.107. The SMILES string of the molecule is Cc1csc([C@@H](C#N)C(=O)COC(=O)CCn2c(=O)oc3ccccc32)n1.